The highest BCUT2D eigenvalue weighted by molar-refractivity contribution is 6.04. The number of carbonyl (C=O) groups excluding carboxylic acids is 1. The summed E-state index contributed by atoms with van der Waals surface area (Å²) in [4.78, 5) is 16.4. The molecule has 3 rings (SSSR count). The number of nitrogens with one attached hydrogen (secondary N) is 2. The third-order valence-electron chi connectivity index (χ3n) is 3.86. The fraction of sp³-hybridized carbons (Fsp3) is 0.100. The lowest BCUT2D eigenvalue weighted by Crippen LogP contribution is -2.12. The van der Waals surface area contributed by atoms with Crippen molar-refractivity contribution in [3.05, 3.63) is 83.3 Å². The number of halogens is 1. The van der Waals surface area contributed by atoms with E-state index in [1.807, 2.05) is 32.0 Å². The van der Waals surface area contributed by atoms with Crippen molar-refractivity contribution in [2.45, 2.75) is 13.8 Å². The van der Waals surface area contributed by atoms with E-state index in [-0.39, 0.29) is 11.7 Å². The molecule has 2 aromatic carbocycles. The van der Waals surface area contributed by atoms with Gasteiger partial charge < -0.3 is 10.6 Å². The van der Waals surface area contributed by atoms with E-state index in [2.05, 4.69) is 15.6 Å². The van der Waals surface area contributed by atoms with Crippen LogP contribution in [-0.2, 0) is 0 Å². The molecular formula is C20H18FN3O. The van der Waals surface area contributed by atoms with Crippen molar-refractivity contribution in [2.75, 3.05) is 10.6 Å². The zero-order valence-corrected chi connectivity index (χ0v) is 14.0. The summed E-state index contributed by atoms with van der Waals surface area (Å²) in [6.07, 6.45) is 1.58. The van der Waals surface area contributed by atoms with E-state index in [1.54, 1.807) is 18.3 Å². The first kappa shape index (κ1) is 16.6. The monoisotopic (exact) mass is 335 g/mol. The molecular weight excluding hydrogens is 317 g/mol. The Morgan fingerprint density at radius 1 is 0.960 bits per heavy atom. The first-order chi connectivity index (χ1) is 12.0. The summed E-state index contributed by atoms with van der Waals surface area (Å²) >= 11 is 0. The molecule has 0 unspecified atom stereocenters. The van der Waals surface area contributed by atoms with Crippen molar-refractivity contribution in [1.29, 1.82) is 0 Å². The predicted molar refractivity (Wildman–Crippen MR) is 97.8 cm³/mol. The van der Waals surface area contributed by atoms with Gasteiger partial charge in [-0.3, -0.25) is 4.79 Å². The van der Waals surface area contributed by atoms with Gasteiger partial charge in [0.2, 0.25) is 0 Å². The van der Waals surface area contributed by atoms with Gasteiger partial charge in [-0.05, 0) is 61.4 Å². The lowest BCUT2D eigenvalue weighted by atomic mass is 10.1. The standard InChI is InChI=1S/C20H18FN3O/c1-13-4-3-5-14(2)19(13)24-18-11-10-17(12-22-18)23-20(25)15-6-8-16(21)9-7-15/h3-12H,1-2H3,(H,22,24)(H,23,25). The number of pyridine rings is 1. The maximum Gasteiger partial charge on any atom is 0.255 e. The summed E-state index contributed by atoms with van der Waals surface area (Å²) in [6.45, 7) is 4.07. The Bertz CT molecular complexity index is 870. The Labute approximate surface area is 145 Å². The normalized spacial score (nSPS) is 10.4. The average molecular weight is 335 g/mol. The fourth-order valence-corrected chi connectivity index (χ4v) is 2.49. The second kappa shape index (κ2) is 7.13. The van der Waals surface area contributed by atoms with E-state index >= 15 is 0 Å². The molecule has 1 aromatic heterocycles. The molecule has 2 N–H and O–H groups in total. The number of para-hydroxylation sites is 1. The third-order valence-corrected chi connectivity index (χ3v) is 3.86. The quantitative estimate of drug-likeness (QED) is 0.718. The molecule has 25 heavy (non-hydrogen) atoms. The maximum atomic E-state index is 12.9. The van der Waals surface area contributed by atoms with Crippen LogP contribution in [0.4, 0.5) is 21.6 Å². The zero-order valence-electron chi connectivity index (χ0n) is 14.0. The SMILES string of the molecule is Cc1cccc(C)c1Nc1ccc(NC(=O)c2ccc(F)cc2)cn1. The summed E-state index contributed by atoms with van der Waals surface area (Å²) < 4.78 is 12.9. The number of carbonyl (C=O) groups is 1. The van der Waals surface area contributed by atoms with Crippen molar-refractivity contribution < 1.29 is 9.18 Å². The van der Waals surface area contributed by atoms with Crippen LogP contribution in [0.5, 0.6) is 0 Å². The second-order valence-electron chi connectivity index (χ2n) is 5.78. The smallest absolute Gasteiger partial charge is 0.255 e. The van der Waals surface area contributed by atoms with E-state index in [1.165, 1.54) is 24.3 Å². The number of rotatable bonds is 4. The summed E-state index contributed by atoms with van der Waals surface area (Å²) in [7, 11) is 0. The molecule has 0 fully saturated rings. The van der Waals surface area contributed by atoms with Crippen molar-refractivity contribution in [3.63, 3.8) is 0 Å². The van der Waals surface area contributed by atoms with Crippen LogP contribution in [0.15, 0.2) is 60.8 Å². The zero-order chi connectivity index (χ0) is 17.8. The minimum atomic E-state index is -0.375. The Hall–Kier alpha value is -3.21. The number of aryl methyl sites for hydroxylation is 2. The van der Waals surface area contributed by atoms with Crippen LogP contribution in [0.2, 0.25) is 0 Å². The molecule has 0 saturated carbocycles. The highest BCUT2D eigenvalue weighted by atomic mass is 19.1. The van der Waals surface area contributed by atoms with Crippen molar-refractivity contribution in [3.8, 4) is 0 Å². The van der Waals surface area contributed by atoms with Gasteiger partial charge in [0.05, 0.1) is 11.9 Å². The van der Waals surface area contributed by atoms with Crippen LogP contribution >= 0.6 is 0 Å². The van der Waals surface area contributed by atoms with Crippen LogP contribution in [0.3, 0.4) is 0 Å². The third kappa shape index (κ3) is 4.01. The van der Waals surface area contributed by atoms with Gasteiger partial charge in [-0.1, -0.05) is 18.2 Å². The lowest BCUT2D eigenvalue weighted by Gasteiger charge is -2.12. The summed E-state index contributed by atoms with van der Waals surface area (Å²) in [5.74, 6) is 0.00887. The molecule has 1 heterocycles. The van der Waals surface area contributed by atoms with Crippen LogP contribution in [-0.4, -0.2) is 10.9 Å². The molecule has 4 nitrogen and oxygen atoms in total. The molecule has 5 heteroatoms. The van der Waals surface area contributed by atoms with Crippen molar-refractivity contribution in [2.24, 2.45) is 0 Å². The Kier molecular flexibility index (Phi) is 4.75. The number of hydrogen-bond acceptors (Lipinski definition) is 3. The van der Waals surface area contributed by atoms with Gasteiger partial charge in [0.1, 0.15) is 11.6 Å². The summed E-state index contributed by atoms with van der Waals surface area (Å²) in [6, 6.07) is 15.0. The van der Waals surface area contributed by atoms with Gasteiger partial charge >= 0.3 is 0 Å². The predicted octanol–water partition coefficient (Wildman–Crippen LogP) is 4.83. The van der Waals surface area contributed by atoms with Gasteiger partial charge in [-0.2, -0.15) is 0 Å². The van der Waals surface area contributed by atoms with Crippen molar-refractivity contribution >= 4 is 23.1 Å². The van der Waals surface area contributed by atoms with Crippen molar-refractivity contribution in [1.82, 2.24) is 4.98 Å². The molecule has 0 aliphatic carbocycles. The molecule has 0 atom stereocenters. The first-order valence-electron chi connectivity index (χ1n) is 7.89. The largest absolute Gasteiger partial charge is 0.340 e. The van der Waals surface area contributed by atoms with E-state index < -0.39 is 0 Å². The average Bonchev–Trinajstić information content (AvgIpc) is 2.60. The Morgan fingerprint density at radius 3 is 2.24 bits per heavy atom. The van der Waals surface area contributed by atoms with E-state index in [4.69, 9.17) is 0 Å². The van der Waals surface area contributed by atoms with E-state index in [0.717, 1.165) is 16.8 Å². The number of hydrogen-bond donors (Lipinski definition) is 2. The minimum Gasteiger partial charge on any atom is -0.340 e. The molecule has 1 amide bonds. The first-order valence-corrected chi connectivity index (χ1v) is 7.89. The van der Waals surface area contributed by atoms with Crippen LogP contribution in [0, 0.1) is 19.7 Å². The number of nitrogens with zero attached hydrogens (tertiary/aromatic N) is 1. The molecule has 0 aliphatic heterocycles. The highest BCUT2D eigenvalue weighted by Crippen LogP contribution is 2.23. The highest BCUT2D eigenvalue weighted by Gasteiger charge is 2.07. The molecule has 0 aliphatic rings. The minimum absolute atomic E-state index is 0.308. The van der Waals surface area contributed by atoms with Crippen LogP contribution in [0.25, 0.3) is 0 Å². The topological polar surface area (TPSA) is 54.0 Å². The number of benzene rings is 2. The molecule has 0 bridgehead atoms. The second-order valence-corrected chi connectivity index (χ2v) is 5.78. The molecule has 0 spiro atoms. The maximum absolute atomic E-state index is 12.9. The Balaban J connectivity index is 1.70. The molecule has 0 radical (unpaired) electrons. The summed E-state index contributed by atoms with van der Waals surface area (Å²) in [5, 5.41) is 6.03. The van der Waals surface area contributed by atoms with Gasteiger partial charge in [0.25, 0.3) is 5.91 Å². The summed E-state index contributed by atoms with van der Waals surface area (Å²) in [5.41, 5.74) is 4.25. The number of anilines is 3. The molecule has 126 valence electrons. The number of amides is 1. The molecule has 0 saturated heterocycles. The van der Waals surface area contributed by atoms with E-state index in [0.29, 0.717) is 17.1 Å². The van der Waals surface area contributed by atoms with Gasteiger partial charge in [0.15, 0.2) is 0 Å². The molecule has 3 aromatic rings. The van der Waals surface area contributed by atoms with Gasteiger partial charge in [-0.25, -0.2) is 9.37 Å². The van der Waals surface area contributed by atoms with Crippen LogP contribution in [0.1, 0.15) is 21.5 Å². The number of aromatic nitrogens is 1. The van der Waals surface area contributed by atoms with Gasteiger partial charge in [-0.15, -0.1) is 0 Å². The lowest BCUT2D eigenvalue weighted by molar-refractivity contribution is 0.102. The Morgan fingerprint density at radius 2 is 1.64 bits per heavy atom. The fourth-order valence-electron chi connectivity index (χ4n) is 2.49. The van der Waals surface area contributed by atoms with E-state index in [9.17, 15) is 9.18 Å². The van der Waals surface area contributed by atoms with Crippen LogP contribution < -0.4 is 10.6 Å². The van der Waals surface area contributed by atoms with Gasteiger partial charge in [0, 0.05) is 11.3 Å².